The Morgan fingerprint density at radius 2 is 1.38 bits per heavy atom. The number of carboxylic acids is 1. The van der Waals surface area contributed by atoms with Gasteiger partial charge in [0, 0.05) is 0 Å². The number of carboxylic acid groups (broad SMARTS) is 1. The molecule has 11 nitrogen and oxygen atoms in total. The number of aliphatic carboxylic acids is 1. The Morgan fingerprint density at radius 1 is 0.962 bits per heavy atom. The van der Waals surface area contributed by atoms with Crippen LogP contribution >= 0.6 is 0 Å². The third-order valence-corrected chi connectivity index (χ3v) is 2.74. The summed E-state index contributed by atoms with van der Waals surface area (Å²) in [7, 11) is 0. The second-order valence-corrected chi connectivity index (χ2v) is 5.18. The minimum atomic E-state index is -3.19. The minimum Gasteiger partial charge on any atom is -0.510 e. The SMILES string of the molecule is C=C(O)COC(C)C(OCC(=C)O)(OCC(=C)O)OC(O)(CO)C(=O)O. The van der Waals surface area contributed by atoms with E-state index in [4.69, 9.17) is 29.2 Å². The molecular weight excluding hydrogens is 356 g/mol. The van der Waals surface area contributed by atoms with Crippen molar-refractivity contribution in [2.45, 2.75) is 24.8 Å². The third-order valence-electron chi connectivity index (χ3n) is 2.74. The fourth-order valence-corrected chi connectivity index (χ4v) is 1.49. The predicted octanol–water partition coefficient (Wildman–Crippen LogP) is 0.0757. The number of aliphatic hydroxyl groups is 5. The largest absolute Gasteiger partial charge is 0.510 e. The molecule has 0 rings (SSSR count). The van der Waals surface area contributed by atoms with Crippen molar-refractivity contribution >= 4 is 5.97 Å². The van der Waals surface area contributed by atoms with E-state index >= 15 is 0 Å². The first-order valence-corrected chi connectivity index (χ1v) is 7.15. The molecule has 150 valence electrons. The molecule has 0 radical (unpaired) electrons. The van der Waals surface area contributed by atoms with Crippen LogP contribution in [0.3, 0.4) is 0 Å². The van der Waals surface area contributed by atoms with E-state index < -0.39 is 67.5 Å². The van der Waals surface area contributed by atoms with Gasteiger partial charge in [-0.15, -0.1) is 0 Å². The van der Waals surface area contributed by atoms with Gasteiger partial charge in [-0.25, -0.2) is 4.79 Å². The average Bonchev–Trinajstić information content (AvgIpc) is 2.54. The smallest absolute Gasteiger partial charge is 0.366 e. The zero-order valence-electron chi connectivity index (χ0n) is 14.3. The normalized spacial score (nSPS) is 15.0. The molecule has 26 heavy (non-hydrogen) atoms. The summed E-state index contributed by atoms with van der Waals surface area (Å²) in [5.41, 5.74) is 0. The van der Waals surface area contributed by atoms with E-state index in [1.165, 1.54) is 6.92 Å². The lowest BCUT2D eigenvalue weighted by atomic mass is 10.2. The Morgan fingerprint density at radius 3 is 1.69 bits per heavy atom. The Balaban J connectivity index is 5.88. The lowest BCUT2D eigenvalue weighted by Gasteiger charge is -2.40. The molecule has 0 aromatic rings. The van der Waals surface area contributed by atoms with E-state index in [1.807, 2.05) is 0 Å². The Hall–Kier alpha value is -2.15. The van der Waals surface area contributed by atoms with Crippen LogP contribution in [0.2, 0.25) is 0 Å². The summed E-state index contributed by atoms with van der Waals surface area (Å²) < 4.78 is 20.5. The summed E-state index contributed by atoms with van der Waals surface area (Å²) in [5.74, 6) is -9.21. The molecule has 11 heteroatoms. The summed E-state index contributed by atoms with van der Waals surface area (Å²) in [6, 6.07) is 0. The van der Waals surface area contributed by atoms with Crippen molar-refractivity contribution < 1.29 is 54.4 Å². The van der Waals surface area contributed by atoms with Gasteiger partial charge in [0.2, 0.25) is 0 Å². The Kier molecular flexibility index (Phi) is 9.27. The van der Waals surface area contributed by atoms with Crippen molar-refractivity contribution in [2.75, 3.05) is 26.4 Å². The zero-order chi connectivity index (χ0) is 20.5. The summed E-state index contributed by atoms with van der Waals surface area (Å²) >= 11 is 0. The van der Waals surface area contributed by atoms with Crippen LogP contribution in [-0.2, 0) is 23.7 Å². The van der Waals surface area contributed by atoms with Crippen molar-refractivity contribution in [2.24, 2.45) is 0 Å². The topological polar surface area (TPSA) is 175 Å². The highest BCUT2D eigenvalue weighted by Gasteiger charge is 2.52. The van der Waals surface area contributed by atoms with Gasteiger partial charge in [0.05, 0.1) is 0 Å². The van der Waals surface area contributed by atoms with E-state index in [9.17, 15) is 25.2 Å². The van der Waals surface area contributed by atoms with E-state index in [0.29, 0.717) is 0 Å². The Labute approximate surface area is 149 Å². The monoisotopic (exact) mass is 380 g/mol. The van der Waals surface area contributed by atoms with Gasteiger partial charge < -0.3 is 44.8 Å². The van der Waals surface area contributed by atoms with Crippen LogP contribution in [0.5, 0.6) is 0 Å². The average molecular weight is 380 g/mol. The van der Waals surface area contributed by atoms with Crippen LogP contribution in [0, 0.1) is 0 Å². The second-order valence-electron chi connectivity index (χ2n) is 5.18. The molecule has 0 heterocycles. The summed E-state index contributed by atoms with van der Waals surface area (Å²) in [5, 5.41) is 55.8. The number of aliphatic hydroxyl groups excluding tert-OH is 4. The zero-order valence-corrected chi connectivity index (χ0v) is 14.3. The van der Waals surface area contributed by atoms with Crippen molar-refractivity contribution in [3.63, 3.8) is 0 Å². The molecule has 0 aromatic carbocycles. The molecule has 6 N–H and O–H groups in total. The van der Waals surface area contributed by atoms with E-state index in [-0.39, 0.29) is 0 Å². The lowest BCUT2D eigenvalue weighted by Crippen LogP contribution is -2.59. The van der Waals surface area contributed by atoms with Crippen molar-refractivity contribution in [1.29, 1.82) is 0 Å². The van der Waals surface area contributed by atoms with Crippen LogP contribution in [0.15, 0.2) is 37.0 Å². The van der Waals surface area contributed by atoms with Gasteiger partial charge in [0.1, 0.15) is 49.8 Å². The van der Waals surface area contributed by atoms with Gasteiger partial charge in [-0.05, 0) is 6.92 Å². The first-order valence-electron chi connectivity index (χ1n) is 7.15. The molecule has 0 amide bonds. The number of carbonyl (C=O) groups is 1. The van der Waals surface area contributed by atoms with Crippen molar-refractivity contribution in [1.82, 2.24) is 0 Å². The quantitative estimate of drug-likeness (QED) is 0.178. The molecule has 0 fully saturated rings. The molecule has 0 aliphatic rings. The van der Waals surface area contributed by atoms with Gasteiger partial charge in [-0.2, -0.15) is 0 Å². The standard InChI is InChI=1S/C15H24O11/c1-9(17)5-23-12(4)15(24-6-10(2)18,25-7-11(3)19)26-14(22,8-16)13(20)21/h12,16-19,22H,1-3,5-8H2,4H3,(H,20,21). The lowest BCUT2D eigenvalue weighted by molar-refractivity contribution is -0.461. The molecule has 0 bridgehead atoms. The van der Waals surface area contributed by atoms with Crippen molar-refractivity contribution in [3.05, 3.63) is 37.0 Å². The van der Waals surface area contributed by atoms with Gasteiger partial charge in [-0.1, -0.05) is 19.7 Å². The number of ether oxygens (including phenoxy) is 4. The first-order chi connectivity index (χ1) is 11.9. The molecule has 2 atom stereocenters. The maximum atomic E-state index is 11.2. The van der Waals surface area contributed by atoms with E-state index in [1.54, 1.807) is 0 Å². The molecule has 0 aromatic heterocycles. The van der Waals surface area contributed by atoms with Gasteiger partial charge in [0.15, 0.2) is 0 Å². The maximum absolute atomic E-state index is 11.2. The second kappa shape index (κ2) is 10.1. The fourth-order valence-electron chi connectivity index (χ4n) is 1.49. The van der Waals surface area contributed by atoms with E-state index in [2.05, 4.69) is 19.7 Å². The molecular formula is C15H24O11. The van der Waals surface area contributed by atoms with Gasteiger partial charge in [-0.3, -0.25) is 4.74 Å². The number of hydrogen-bond acceptors (Lipinski definition) is 10. The van der Waals surface area contributed by atoms with Gasteiger partial charge >= 0.3 is 11.9 Å². The molecule has 0 aliphatic heterocycles. The minimum absolute atomic E-state index is 0.403. The first kappa shape index (κ1) is 23.9. The Bertz CT molecular complexity index is 512. The van der Waals surface area contributed by atoms with Crippen molar-refractivity contribution in [3.8, 4) is 0 Å². The van der Waals surface area contributed by atoms with Crippen LogP contribution in [-0.4, -0.2) is 80.9 Å². The van der Waals surface area contributed by atoms with E-state index in [0.717, 1.165) is 0 Å². The van der Waals surface area contributed by atoms with Crippen LogP contribution < -0.4 is 0 Å². The predicted molar refractivity (Wildman–Crippen MR) is 86.1 cm³/mol. The highest BCUT2D eigenvalue weighted by molar-refractivity contribution is 5.75. The highest BCUT2D eigenvalue weighted by Crippen LogP contribution is 2.29. The molecule has 0 saturated heterocycles. The highest BCUT2D eigenvalue weighted by atomic mass is 16.9. The summed E-state index contributed by atoms with van der Waals surface area (Å²) in [6.07, 6.45) is -1.39. The maximum Gasteiger partial charge on any atom is 0.366 e. The van der Waals surface area contributed by atoms with Gasteiger partial charge in [0.25, 0.3) is 5.79 Å². The molecule has 0 spiro atoms. The summed E-state index contributed by atoms with van der Waals surface area (Å²) in [4.78, 5) is 11.2. The van der Waals surface area contributed by atoms with Crippen LogP contribution in [0.1, 0.15) is 6.92 Å². The molecule has 2 unspecified atom stereocenters. The summed E-state index contributed by atoms with van der Waals surface area (Å²) in [6.45, 7) is 7.59. The molecule has 0 aliphatic carbocycles. The third kappa shape index (κ3) is 7.39. The van der Waals surface area contributed by atoms with Crippen LogP contribution in [0.25, 0.3) is 0 Å². The number of rotatable bonds is 14. The fraction of sp³-hybridized carbons (Fsp3) is 0.533. The van der Waals surface area contributed by atoms with Crippen LogP contribution in [0.4, 0.5) is 0 Å². The number of hydrogen-bond donors (Lipinski definition) is 6. The molecule has 0 saturated carbocycles.